The topological polar surface area (TPSA) is 12.9 Å². The molecule has 0 aliphatic heterocycles. The molecule has 0 atom stereocenters. The van der Waals surface area contributed by atoms with Crippen LogP contribution in [0, 0.1) is 13.8 Å². The van der Waals surface area contributed by atoms with Crippen molar-refractivity contribution in [3.8, 4) is 21.3 Å². The number of aryl methyl sites for hydroxylation is 2. The SMILES string of the molecule is Cc1cc(C)cc(-c2cc3[se]c(-c4ccccc4)cc3cn2)c1. The van der Waals surface area contributed by atoms with E-state index in [2.05, 4.69) is 74.5 Å². The molecule has 0 amide bonds. The fraction of sp³-hybridized carbons (Fsp3) is 0.0952. The van der Waals surface area contributed by atoms with Gasteiger partial charge in [0.05, 0.1) is 0 Å². The Kier molecular flexibility index (Phi) is 3.65. The van der Waals surface area contributed by atoms with E-state index in [1.807, 2.05) is 6.20 Å². The summed E-state index contributed by atoms with van der Waals surface area (Å²) in [7, 11) is 0. The standard InChI is InChI=1S/C21H17NSe/c1-14-8-15(2)10-17(9-14)19-12-21-18(13-22-19)11-20(23-21)16-6-4-3-5-7-16/h3-13H,1-2H3. The fourth-order valence-electron chi connectivity index (χ4n) is 2.96. The third-order valence-corrected chi connectivity index (χ3v) is 6.38. The van der Waals surface area contributed by atoms with Gasteiger partial charge in [-0.05, 0) is 0 Å². The Morgan fingerprint density at radius 3 is 2.26 bits per heavy atom. The van der Waals surface area contributed by atoms with Crippen LogP contribution in [0.25, 0.3) is 30.9 Å². The Morgan fingerprint density at radius 2 is 1.52 bits per heavy atom. The van der Waals surface area contributed by atoms with Crippen molar-refractivity contribution in [2.75, 3.05) is 0 Å². The number of pyridine rings is 1. The molecule has 0 fully saturated rings. The van der Waals surface area contributed by atoms with Crippen LogP contribution < -0.4 is 0 Å². The predicted octanol–water partition coefficient (Wildman–Crippen LogP) is 5.24. The van der Waals surface area contributed by atoms with E-state index in [1.54, 1.807) is 0 Å². The van der Waals surface area contributed by atoms with E-state index in [0.717, 1.165) is 5.69 Å². The quantitative estimate of drug-likeness (QED) is 0.444. The van der Waals surface area contributed by atoms with Gasteiger partial charge in [0.15, 0.2) is 0 Å². The number of rotatable bonds is 2. The minimum absolute atomic E-state index is 0.354. The van der Waals surface area contributed by atoms with Gasteiger partial charge >= 0.3 is 142 Å². The van der Waals surface area contributed by atoms with Crippen molar-refractivity contribution in [3.63, 3.8) is 0 Å². The Labute approximate surface area is 142 Å². The molecule has 4 rings (SSSR count). The average Bonchev–Trinajstić information content (AvgIpc) is 2.98. The molecule has 0 radical (unpaired) electrons. The first-order valence-corrected chi connectivity index (χ1v) is 9.44. The van der Waals surface area contributed by atoms with Crippen LogP contribution in [0.4, 0.5) is 0 Å². The maximum absolute atomic E-state index is 4.70. The summed E-state index contributed by atoms with van der Waals surface area (Å²) in [5, 5.41) is 1.27. The zero-order chi connectivity index (χ0) is 15.8. The van der Waals surface area contributed by atoms with Crippen LogP contribution in [0.3, 0.4) is 0 Å². The molecule has 2 heteroatoms. The predicted molar refractivity (Wildman–Crippen MR) is 99.0 cm³/mol. The van der Waals surface area contributed by atoms with Crippen molar-refractivity contribution in [1.82, 2.24) is 4.98 Å². The first-order chi connectivity index (χ1) is 11.2. The van der Waals surface area contributed by atoms with Crippen LogP contribution in [0.1, 0.15) is 11.1 Å². The van der Waals surface area contributed by atoms with Crippen LogP contribution in [0.5, 0.6) is 0 Å². The maximum atomic E-state index is 4.70. The molecule has 2 aromatic heterocycles. The summed E-state index contributed by atoms with van der Waals surface area (Å²) in [5.41, 5.74) is 6.21. The molecule has 0 saturated heterocycles. The van der Waals surface area contributed by atoms with Gasteiger partial charge in [0.1, 0.15) is 0 Å². The third kappa shape index (κ3) is 2.88. The van der Waals surface area contributed by atoms with Crippen LogP contribution in [-0.2, 0) is 0 Å². The Morgan fingerprint density at radius 1 is 0.783 bits per heavy atom. The number of aromatic nitrogens is 1. The summed E-state index contributed by atoms with van der Waals surface area (Å²) in [6.07, 6.45) is 2.03. The average molecular weight is 362 g/mol. The van der Waals surface area contributed by atoms with Crippen LogP contribution in [0.2, 0.25) is 0 Å². The first-order valence-electron chi connectivity index (χ1n) is 7.73. The van der Waals surface area contributed by atoms with E-state index in [-0.39, 0.29) is 0 Å². The summed E-state index contributed by atoms with van der Waals surface area (Å²) in [4.78, 5) is 4.70. The summed E-state index contributed by atoms with van der Waals surface area (Å²) in [6, 6.07) is 21.9. The molecule has 112 valence electrons. The molecule has 2 aromatic carbocycles. The van der Waals surface area contributed by atoms with Crippen LogP contribution in [-0.4, -0.2) is 19.5 Å². The number of hydrogen-bond acceptors (Lipinski definition) is 1. The minimum atomic E-state index is 0.354. The summed E-state index contributed by atoms with van der Waals surface area (Å²) in [6.45, 7) is 4.28. The van der Waals surface area contributed by atoms with E-state index in [0.29, 0.717) is 14.5 Å². The monoisotopic (exact) mass is 363 g/mol. The van der Waals surface area contributed by atoms with Crippen molar-refractivity contribution in [3.05, 3.63) is 78.0 Å². The molecule has 0 aliphatic carbocycles. The Bertz CT molecular complexity index is 963. The van der Waals surface area contributed by atoms with Crippen LogP contribution in [0.15, 0.2) is 66.9 Å². The van der Waals surface area contributed by atoms with E-state index in [1.165, 1.54) is 36.3 Å². The molecule has 0 aliphatic rings. The van der Waals surface area contributed by atoms with Crippen molar-refractivity contribution in [1.29, 1.82) is 0 Å². The Balaban J connectivity index is 1.82. The second-order valence-corrected chi connectivity index (χ2v) is 8.23. The normalized spacial score (nSPS) is 11.0. The molecule has 0 unspecified atom stereocenters. The van der Waals surface area contributed by atoms with Gasteiger partial charge in [-0.3, -0.25) is 0 Å². The van der Waals surface area contributed by atoms with Gasteiger partial charge in [-0.1, -0.05) is 0 Å². The fourth-order valence-corrected chi connectivity index (χ4v) is 5.22. The van der Waals surface area contributed by atoms with Gasteiger partial charge < -0.3 is 0 Å². The van der Waals surface area contributed by atoms with Gasteiger partial charge in [0.25, 0.3) is 0 Å². The van der Waals surface area contributed by atoms with Crippen LogP contribution >= 0.6 is 0 Å². The van der Waals surface area contributed by atoms with Crippen molar-refractivity contribution >= 4 is 24.1 Å². The van der Waals surface area contributed by atoms with Gasteiger partial charge in [-0.2, -0.15) is 0 Å². The second-order valence-electron chi connectivity index (χ2n) is 5.96. The third-order valence-electron chi connectivity index (χ3n) is 3.98. The van der Waals surface area contributed by atoms with Gasteiger partial charge in [0.2, 0.25) is 0 Å². The molecular weight excluding hydrogens is 345 g/mol. The van der Waals surface area contributed by atoms with E-state index in [4.69, 9.17) is 4.98 Å². The summed E-state index contributed by atoms with van der Waals surface area (Å²) >= 11 is 0.354. The molecule has 0 N–H and O–H groups in total. The number of benzene rings is 2. The molecule has 2 heterocycles. The van der Waals surface area contributed by atoms with Crippen molar-refractivity contribution in [2.45, 2.75) is 13.8 Å². The molecule has 1 nitrogen and oxygen atoms in total. The second kappa shape index (κ2) is 5.81. The zero-order valence-electron chi connectivity index (χ0n) is 13.2. The van der Waals surface area contributed by atoms with Gasteiger partial charge in [-0.15, -0.1) is 0 Å². The van der Waals surface area contributed by atoms with E-state index >= 15 is 0 Å². The van der Waals surface area contributed by atoms with Crippen molar-refractivity contribution in [2.24, 2.45) is 0 Å². The number of nitrogens with zero attached hydrogens (tertiary/aromatic N) is 1. The van der Waals surface area contributed by atoms with E-state index in [9.17, 15) is 0 Å². The van der Waals surface area contributed by atoms with Crippen molar-refractivity contribution < 1.29 is 0 Å². The van der Waals surface area contributed by atoms with Gasteiger partial charge in [-0.25, -0.2) is 0 Å². The summed E-state index contributed by atoms with van der Waals surface area (Å²) < 4.78 is 2.87. The first kappa shape index (κ1) is 14.4. The van der Waals surface area contributed by atoms with Gasteiger partial charge in [0, 0.05) is 0 Å². The molecule has 4 aromatic rings. The number of hydrogen-bond donors (Lipinski definition) is 0. The van der Waals surface area contributed by atoms with E-state index < -0.39 is 0 Å². The molecular formula is C21H17NSe. The zero-order valence-corrected chi connectivity index (χ0v) is 14.9. The molecule has 0 spiro atoms. The molecule has 23 heavy (non-hydrogen) atoms. The Hall–Kier alpha value is -2.15. The molecule has 0 bridgehead atoms. The molecule has 0 saturated carbocycles. The summed E-state index contributed by atoms with van der Waals surface area (Å²) in [5.74, 6) is 0. The number of fused-ring (bicyclic) bond motifs is 1.